The van der Waals surface area contributed by atoms with Gasteiger partial charge in [-0.25, -0.2) is 4.79 Å². The van der Waals surface area contributed by atoms with Gasteiger partial charge in [0, 0.05) is 6.08 Å². The largest absolute Gasteiger partial charge is 0.466 e. The molecule has 2 rings (SSSR count). The van der Waals surface area contributed by atoms with Crippen molar-refractivity contribution in [2.24, 2.45) is 0 Å². The van der Waals surface area contributed by atoms with Crippen molar-refractivity contribution in [2.75, 3.05) is 7.11 Å². The Balaban J connectivity index is 2.87. The maximum absolute atomic E-state index is 11.8. The summed E-state index contributed by atoms with van der Waals surface area (Å²) in [5, 5.41) is 0. The van der Waals surface area contributed by atoms with Gasteiger partial charge in [0.05, 0.1) is 7.11 Å². The van der Waals surface area contributed by atoms with Gasteiger partial charge in [0.25, 0.3) is 0 Å². The molecule has 0 aromatic heterocycles. The lowest BCUT2D eigenvalue weighted by Gasteiger charge is -2.21. The van der Waals surface area contributed by atoms with Crippen LogP contribution in [-0.2, 0) is 9.53 Å². The first-order chi connectivity index (χ1) is 10.3. The van der Waals surface area contributed by atoms with E-state index in [9.17, 15) is 4.79 Å². The van der Waals surface area contributed by atoms with Crippen molar-refractivity contribution in [3.8, 4) is 0 Å². The number of esters is 1. The average Bonchev–Trinajstić information content (AvgIpc) is 2.62. The van der Waals surface area contributed by atoms with Crippen LogP contribution in [-0.4, -0.2) is 13.1 Å². The predicted molar refractivity (Wildman–Crippen MR) is 92.8 cm³/mol. The van der Waals surface area contributed by atoms with Gasteiger partial charge in [0.1, 0.15) is 0 Å². The molecule has 2 heteroatoms. The van der Waals surface area contributed by atoms with Gasteiger partial charge in [-0.2, -0.15) is 0 Å². The first-order valence-electron chi connectivity index (χ1n) is 7.56. The lowest BCUT2D eigenvalue weighted by Crippen LogP contribution is -2.05. The standard InChI is InChI=1S/C20H24O2/c1-11-8-9-17(10-18(21)22-7)20-16(6)14(4)13(3)15(5)19(20)12(11)2/h10H,1-2,8-9H2,3-7H3/b17-10+. The van der Waals surface area contributed by atoms with Crippen molar-refractivity contribution in [3.63, 3.8) is 0 Å². The summed E-state index contributed by atoms with van der Waals surface area (Å²) >= 11 is 0. The molecule has 0 spiro atoms. The van der Waals surface area contributed by atoms with Crippen LogP contribution < -0.4 is 0 Å². The molecule has 0 unspecified atom stereocenters. The third-order valence-electron chi connectivity index (χ3n) is 4.93. The smallest absolute Gasteiger partial charge is 0.330 e. The number of benzene rings is 1. The zero-order valence-electron chi connectivity index (χ0n) is 14.2. The van der Waals surface area contributed by atoms with Gasteiger partial charge in [-0.3, -0.25) is 0 Å². The summed E-state index contributed by atoms with van der Waals surface area (Å²) in [5.74, 6) is -0.311. The quantitative estimate of drug-likeness (QED) is 0.421. The Morgan fingerprint density at radius 1 is 0.955 bits per heavy atom. The average molecular weight is 296 g/mol. The normalized spacial score (nSPS) is 16.5. The molecule has 0 bridgehead atoms. The van der Waals surface area contributed by atoms with E-state index in [1.165, 1.54) is 29.4 Å². The van der Waals surface area contributed by atoms with E-state index in [4.69, 9.17) is 4.74 Å². The van der Waals surface area contributed by atoms with Crippen LogP contribution in [0.5, 0.6) is 0 Å². The zero-order valence-corrected chi connectivity index (χ0v) is 14.2. The van der Waals surface area contributed by atoms with E-state index in [1.54, 1.807) is 6.08 Å². The van der Waals surface area contributed by atoms with Crippen LogP contribution in [0.1, 0.15) is 46.2 Å². The lowest BCUT2D eigenvalue weighted by atomic mass is 9.83. The van der Waals surface area contributed by atoms with Gasteiger partial charge >= 0.3 is 5.97 Å². The van der Waals surface area contributed by atoms with Crippen LogP contribution in [0, 0.1) is 27.7 Å². The number of fused-ring (bicyclic) bond motifs is 1. The van der Waals surface area contributed by atoms with Crippen LogP contribution in [0.15, 0.2) is 24.8 Å². The molecular weight excluding hydrogens is 272 g/mol. The molecule has 1 aliphatic rings. The summed E-state index contributed by atoms with van der Waals surface area (Å²) in [5.41, 5.74) is 10.3. The Morgan fingerprint density at radius 3 is 2.05 bits per heavy atom. The monoisotopic (exact) mass is 296 g/mol. The Morgan fingerprint density at radius 2 is 1.50 bits per heavy atom. The Kier molecular flexibility index (Phi) is 4.41. The molecule has 0 saturated carbocycles. The minimum Gasteiger partial charge on any atom is -0.466 e. The third-order valence-corrected chi connectivity index (χ3v) is 4.93. The Hall–Kier alpha value is -2.09. The highest BCUT2D eigenvalue weighted by molar-refractivity contribution is 5.97. The van der Waals surface area contributed by atoms with Crippen molar-refractivity contribution < 1.29 is 9.53 Å². The highest BCUT2D eigenvalue weighted by Gasteiger charge is 2.24. The molecule has 22 heavy (non-hydrogen) atoms. The number of hydrogen-bond acceptors (Lipinski definition) is 2. The van der Waals surface area contributed by atoms with Gasteiger partial charge in [0.15, 0.2) is 0 Å². The predicted octanol–water partition coefficient (Wildman–Crippen LogP) is 4.84. The van der Waals surface area contributed by atoms with Crippen molar-refractivity contribution >= 4 is 17.1 Å². The number of ether oxygens (including phenoxy) is 1. The summed E-state index contributed by atoms with van der Waals surface area (Å²) in [7, 11) is 1.41. The number of carbonyl (C=O) groups is 1. The first kappa shape index (κ1) is 16.3. The number of allylic oxidation sites excluding steroid dienone is 3. The van der Waals surface area contributed by atoms with Crippen molar-refractivity contribution in [1.29, 1.82) is 0 Å². The molecule has 0 N–H and O–H groups in total. The third kappa shape index (κ3) is 2.54. The summed E-state index contributed by atoms with van der Waals surface area (Å²) in [4.78, 5) is 11.8. The van der Waals surface area contributed by atoms with E-state index >= 15 is 0 Å². The van der Waals surface area contributed by atoms with Gasteiger partial charge in [0.2, 0.25) is 0 Å². The topological polar surface area (TPSA) is 26.3 Å². The highest BCUT2D eigenvalue weighted by Crippen LogP contribution is 2.42. The second-order valence-electron chi connectivity index (χ2n) is 6.02. The van der Waals surface area contributed by atoms with E-state index in [2.05, 4.69) is 40.9 Å². The minimum absolute atomic E-state index is 0.311. The van der Waals surface area contributed by atoms with Crippen molar-refractivity contribution in [3.05, 3.63) is 58.2 Å². The maximum Gasteiger partial charge on any atom is 0.330 e. The fourth-order valence-electron chi connectivity index (χ4n) is 3.17. The van der Waals surface area contributed by atoms with E-state index in [0.717, 1.165) is 40.7 Å². The van der Waals surface area contributed by atoms with Gasteiger partial charge in [-0.15, -0.1) is 0 Å². The molecule has 0 saturated heterocycles. The zero-order chi connectivity index (χ0) is 16.6. The molecule has 0 amide bonds. The molecule has 0 aliphatic heterocycles. The molecule has 1 aliphatic carbocycles. The maximum atomic E-state index is 11.8. The summed E-state index contributed by atoms with van der Waals surface area (Å²) in [6.07, 6.45) is 3.21. The number of carbonyl (C=O) groups excluding carboxylic acids is 1. The van der Waals surface area contributed by atoms with Gasteiger partial charge < -0.3 is 4.74 Å². The number of hydrogen-bond donors (Lipinski definition) is 0. The molecule has 0 radical (unpaired) electrons. The molecule has 116 valence electrons. The summed E-state index contributed by atoms with van der Waals surface area (Å²) in [6, 6.07) is 0. The molecule has 2 nitrogen and oxygen atoms in total. The Bertz CT molecular complexity index is 718. The van der Waals surface area contributed by atoms with E-state index < -0.39 is 0 Å². The fraction of sp³-hybridized carbons (Fsp3) is 0.350. The second-order valence-corrected chi connectivity index (χ2v) is 6.02. The highest BCUT2D eigenvalue weighted by atomic mass is 16.5. The van der Waals surface area contributed by atoms with Crippen LogP contribution in [0.2, 0.25) is 0 Å². The molecule has 1 aromatic rings. The van der Waals surface area contributed by atoms with Crippen molar-refractivity contribution in [2.45, 2.75) is 40.5 Å². The Labute approximate surface area is 133 Å². The lowest BCUT2D eigenvalue weighted by molar-refractivity contribution is -0.134. The molecule has 0 heterocycles. The first-order valence-corrected chi connectivity index (χ1v) is 7.56. The van der Waals surface area contributed by atoms with Crippen LogP contribution in [0.4, 0.5) is 0 Å². The minimum atomic E-state index is -0.311. The fourth-order valence-corrected chi connectivity index (χ4v) is 3.17. The molecular formula is C20H24O2. The van der Waals surface area contributed by atoms with Crippen LogP contribution in [0.3, 0.4) is 0 Å². The summed E-state index contributed by atoms with van der Waals surface area (Å²) in [6.45, 7) is 16.9. The molecule has 0 fully saturated rings. The number of rotatable bonds is 1. The molecule has 0 atom stereocenters. The van der Waals surface area contributed by atoms with Gasteiger partial charge in [-0.1, -0.05) is 13.2 Å². The number of methoxy groups -OCH3 is 1. The van der Waals surface area contributed by atoms with Crippen LogP contribution >= 0.6 is 0 Å². The van der Waals surface area contributed by atoms with Crippen molar-refractivity contribution in [1.82, 2.24) is 0 Å². The van der Waals surface area contributed by atoms with Crippen LogP contribution in [0.25, 0.3) is 11.1 Å². The summed E-state index contributed by atoms with van der Waals surface area (Å²) < 4.78 is 4.83. The second kappa shape index (κ2) is 5.96. The van der Waals surface area contributed by atoms with E-state index in [-0.39, 0.29) is 5.97 Å². The molecule has 1 aromatic carbocycles. The van der Waals surface area contributed by atoms with E-state index in [1.807, 2.05) is 0 Å². The SMILES string of the molecule is C=C1CC/C(=C\C(=O)OC)c2c(C)c(C)c(C)c(C)c2C1=C. The van der Waals surface area contributed by atoms with Gasteiger partial charge in [-0.05, 0) is 90.6 Å². The van der Waals surface area contributed by atoms with E-state index in [0.29, 0.717) is 0 Å².